The van der Waals surface area contributed by atoms with Gasteiger partial charge in [0.25, 0.3) is 0 Å². The quantitative estimate of drug-likeness (QED) is 0.540. The van der Waals surface area contributed by atoms with Crippen molar-refractivity contribution in [1.29, 1.82) is 0 Å². The molecular formula is C15H23N5O4. The van der Waals surface area contributed by atoms with E-state index in [1.807, 2.05) is 24.8 Å². The lowest BCUT2D eigenvalue weighted by Gasteiger charge is -2.28. The number of aliphatic hydroxyl groups excluding tert-OH is 3. The van der Waals surface area contributed by atoms with Gasteiger partial charge in [-0.25, -0.2) is 9.98 Å². The SMILES string of the molecule is CC(C)=CCN1C=Nc2c(ncn2[C@@H]2O[C@H](CO)C(O)C2O)C1N. The maximum atomic E-state index is 10.2. The summed E-state index contributed by atoms with van der Waals surface area (Å²) in [5, 5.41) is 29.3. The summed E-state index contributed by atoms with van der Waals surface area (Å²) in [5.41, 5.74) is 7.99. The molecule has 1 aromatic rings. The zero-order chi connectivity index (χ0) is 17.4. The van der Waals surface area contributed by atoms with E-state index in [4.69, 9.17) is 10.5 Å². The van der Waals surface area contributed by atoms with Crippen LogP contribution in [-0.4, -0.2) is 67.6 Å². The summed E-state index contributed by atoms with van der Waals surface area (Å²) >= 11 is 0. The van der Waals surface area contributed by atoms with Crippen LogP contribution in [0.5, 0.6) is 0 Å². The molecule has 2 aliphatic heterocycles. The standard InChI is InChI=1S/C15H23N5O4/c1-8(2)3-4-19-6-18-14-10(13(19)16)17-7-20(14)15-12(23)11(22)9(5-21)24-15/h3,6-7,9,11-13,15,21-23H,4-5,16H2,1-2H3/t9-,11?,12?,13?,15-/m1/s1. The Morgan fingerprint density at radius 3 is 2.75 bits per heavy atom. The van der Waals surface area contributed by atoms with Gasteiger partial charge in [0, 0.05) is 6.54 Å². The molecular weight excluding hydrogens is 314 g/mol. The number of aliphatic hydroxyl groups is 3. The summed E-state index contributed by atoms with van der Waals surface area (Å²) in [4.78, 5) is 10.5. The summed E-state index contributed by atoms with van der Waals surface area (Å²) in [6, 6.07) is 0. The van der Waals surface area contributed by atoms with Crippen LogP contribution in [0.3, 0.4) is 0 Å². The van der Waals surface area contributed by atoms with E-state index in [1.54, 1.807) is 6.34 Å². The molecule has 0 amide bonds. The van der Waals surface area contributed by atoms with E-state index in [0.717, 1.165) is 0 Å². The number of rotatable bonds is 4. The molecule has 0 radical (unpaired) electrons. The van der Waals surface area contributed by atoms with E-state index in [2.05, 4.69) is 9.98 Å². The Morgan fingerprint density at radius 1 is 1.38 bits per heavy atom. The third-order valence-corrected chi connectivity index (χ3v) is 4.26. The Balaban J connectivity index is 1.85. The number of hydrogen-bond acceptors (Lipinski definition) is 8. The van der Waals surface area contributed by atoms with E-state index in [-0.39, 0.29) is 6.61 Å². The van der Waals surface area contributed by atoms with Crippen molar-refractivity contribution in [1.82, 2.24) is 14.5 Å². The highest BCUT2D eigenvalue weighted by Gasteiger charge is 2.44. The summed E-state index contributed by atoms with van der Waals surface area (Å²) < 4.78 is 7.06. The second-order valence-corrected chi connectivity index (χ2v) is 6.26. The molecule has 0 aromatic carbocycles. The smallest absolute Gasteiger partial charge is 0.165 e. The number of ether oxygens (including phenoxy) is 1. The largest absolute Gasteiger partial charge is 0.394 e. The molecule has 1 aromatic heterocycles. The number of imidazole rings is 1. The second-order valence-electron chi connectivity index (χ2n) is 6.26. The number of nitrogens with zero attached hydrogens (tertiary/aromatic N) is 4. The van der Waals surface area contributed by atoms with Crippen molar-refractivity contribution in [2.45, 2.75) is 44.6 Å². The van der Waals surface area contributed by atoms with E-state index in [0.29, 0.717) is 18.1 Å². The zero-order valence-corrected chi connectivity index (χ0v) is 13.6. The molecule has 0 saturated carbocycles. The Morgan fingerprint density at radius 2 is 2.12 bits per heavy atom. The number of hydrogen-bond donors (Lipinski definition) is 4. The van der Waals surface area contributed by atoms with Gasteiger partial charge >= 0.3 is 0 Å². The third kappa shape index (κ3) is 2.85. The molecule has 2 aliphatic rings. The van der Waals surface area contributed by atoms with Crippen LogP contribution in [0.25, 0.3) is 0 Å². The zero-order valence-electron chi connectivity index (χ0n) is 13.6. The summed E-state index contributed by atoms with van der Waals surface area (Å²) in [5.74, 6) is 0.478. The van der Waals surface area contributed by atoms with Crippen molar-refractivity contribution >= 4 is 12.2 Å². The van der Waals surface area contributed by atoms with Crippen molar-refractivity contribution in [2.75, 3.05) is 13.2 Å². The number of aromatic nitrogens is 2. The maximum Gasteiger partial charge on any atom is 0.165 e. The van der Waals surface area contributed by atoms with Gasteiger partial charge in [-0.15, -0.1) is 0 Å². The molecule has 9 nitrogen and oxygen atoms in total. The average molecular weight is 337 g/mol. The fourth-order valence-electron chi connectivity index (χ4n) is 2.81. The van der Waals surface area contributed by atoms with Crippen LogP contribution >= 0.6 is 0 Å². The maximum absolute atomic E-state index is 10.2. The van der Waals surface area contributed by atoms with Gasteiger partial charge in [-0.1, -0.05) is 11.6 Å². The van der Waals surface area contributed by atoms with Crippen LogP contribution in [0.2, 0.25) is 0 Å². The lowest BCUT2D eigenvalue weighted by Crippen LogP contribution is -2.36. The topological polar surface area (TPSA) is 129 Å². The molecule has 3 unspecified atom stereocenters. The van der Waals surface area contributed by atoms with Gasteiger partial charge in [0.15, 0.2) is 12.0 Å². The van der Waals surface area contributed by atoms with E-state index < -0.39 is 30.7 Å². The molecule has 24 heavy (non-hydrogen) atoms. The molecule has 5 N–H and O–H groups in total. The molecule has 1 saturated heterocycles. The van der Waals surface area contributed by atoms with Crippen molar-refractivity contribution in [3.63, 3.8) is 0 Å². The van der Waals surface area contributed by atoms with Crippen molar-refractivity contribution < 1.29 is 20.1 Å². The summed E-state index contributed by atoms with van der Waals surface area (Å²) in [6.07, 6.45) is 0.606. The monoisotopic (exact) mass is 337 g/mol. The van der Waals surface area contributed by atoms with Crippen LogP contribution in [0.4, 0.5) is 5.82 Å². The lowest BCUT2D eigenvalue weighted by molar-refractivity contribution is -0.0520. The first-order valence-corrected chi connectivity index (χ1v) is 7.82. The molecule has 0 spiro atoms. The minimum atomic E-state index is -1.18. The highest BCUT2D eigenvalue weighted by molar-refractivity contribution is 5.65. The van der Waals surface area contributed by atoms with Gasteiger partial charge in [-0.05, 0) is 13.8 Å². The Labute approximate surface area is 139 Å². The van der Waals surface area contributed by atoms with Crippen LogP contribution in [0.15, 0.2) is 23.0 Å². The first kappa shape index (κ1) is 17.1. The predicted octanol–water partition coefficient (Wildman–Crippen LogP) is -0.606. The second kappa shape index (κ2) is 6.61. The van der Waals surface area contributed by atoms with E-state index >= 15 is 0 Å². The molecule has 9 heteroatoms. The fourth-order valence-corrected chi connectivity index (χ4v) is 2.81. The third-order valence-electron chi connectivity index (χ3n) is 4.26. The normalized spacial score (nSPS) is 32.1. The first-order chi connectivity index (χ1) is 11.4. The Bertz CT molecular complexity index is 654. The Hall–Kier alpha value is -1.78. The average Bonchev–Trinajstić information content (AvgIpc) is 3.09. The molecule has 0 aliphatic carbocycles. The van der Waals surface area contributed by atoms with Gasteiger partial charge in [-0.3, -0.25) is 4.57 Å². The highest BCUT2D eigenvalue weighted by Crippen LogP contribution is 2.36. The first-order valence-electron chi connectivity index (χ1n) is 7.82. The number of fused-ring (bicyclic) bond motifs is 1. The van der Waals surface area contributed by atoms with Gasteiger partial charge < -0.3 is 30.7 Å². The van der Waals surface area contributed by atoms with E-state index in [9.17, 15) is 15.3 Å². The van der Waals surface area contributed by atoms with Crippen LogP contribution in [-0.2, 0) is 4.74 Å². The minimum Gasteiger partial charge on any atom is -0.394 e. The van der Waals surface area contributed by atoms with Gasteiger partial charge in [-0.2, -0.15) is 0 Å². The van der Waals surface area contributed by atoms with Crippen molar-refractivity contribution in [3.05, 3.63) is 23.7 Å². The number of allylic oxidation sites excluding steroid dienone is 1. The fraction of sp³-hybridized carbons (Fsp3) is 0.600. The summed E-state index contributed by atoms with van der Waals surface area (Å²) in [6.45, 7) is 4.25. The molecule has 0 bridgehead atoms. The van der Waals surface area contributed by atoms with Gasteiger partial charge in [0.05, 0.1) is 19.3 Å². The van der Waals surface area contributed by atoms with Crippen LogP contribution < -0.4 is 5.73 Å². The molecule has 3 rings (SSSR count). The Kier molecular flexibility index (Phi) is 4.70. The lowest BCUT2D eigenvalue weighted by atomic mass is 10.1. The van der Waals surface area contributed by atoms with Crippen LogP contribution in [0, 0.1) is 0 Å². The molecule has 132 valence electrons. The highest BCUT2D eigenvalue weighted by atomic mass is 16.6. The molecule has 5 atom stereocenters. The minimum absolute atomic E-state index is 0.384. The molecule has 1 fully saturated rings. The van der Waals surface area contributed by atoms with E-state index in [1.165, 1.54) is 16.5 Å². The van der Waals surface area contributed by atoms with Crippen LogP contribution in [0.1, 0.15) is 31.9 Å². The predicted molar refractivity (Wildman–Crippen MR) is 86.5 cm³/mol. The molecule has 3 heterocycles. The van der Waals surface area contributed by atoms with Crippen molar-refractivity contribution in [3.8, 4) is 0 Å². The summed E-state index contributed by atoms with van der Waals surface area (Å²) in [7, 11) is 0. The number of aliphatic imine (C=N–C) groups is 1. The number of nitrogens with two attached hydrogens (primary N) is 1. The van der Waals surface area contributed by atoms with Gasteiger partial charge in [0.1, 0.15) is 30.2 Å². The van der Waals surface area contributed by atoms with Gasteiger partial charge in [0.2, 0.25) is 0 Å². The van der Waals surface area contributed by atoms with Crippen molar-refractivity contribution in [2.24, 2.45) is 10.7 Å².